The van der Waals surface area contributed by atoms with Gasteiger partial charge in [0.1, 0.15) is 10.6 Å². The van der Waals surface area contributed by atoms with Gasteiger partial charge in [-0.25, -0.2) is 4.98 Å². The van der Waals surface area contributed by atoms with E-state index in [9.17, 15) is 9.90 Å². The molecule has 0 saturated carbocycles. The van der Waals surface area contributed by atoms with Crippen molar-refractivity contribution in [3.63, 3.8) is 0 Å². The van der Waals surface area contributed by atoms with Crippen LogP contribution in [0.5, 0.6) is 0 Å². The number of hydrogen-bond acceptors (Lipinski definition) is 5. The number of pyridine rings is 2. The summed E-state index contributed by atoms with van der Waals surface area (Å²) in [6.07, 6.45) is 9.72. The Labute approximate surface area is 324 Å². The van der Waals surface area contributed by atoms with Crippen molar-refractivity contribution in [3.05, 3.63) is 95.3 Å². The van der Waals surface area contributed by atoms with Crippen molar-refractivity contribution >= 4 is 38.1 Å². The van der Waals surface area contributed by atoms with Crippen LogP contribution in [0.15, 0.2) is 78.1 Å². The van der Waals surface area contributed by atoms with Crippen LogP contribution in [0.2, 0.25) is 0 Å². The second-order valence-corrected chi connectivity index (χ2v) is 16.5. The van der Waals surface area contributed by atoms with E-state index in [0.29, 0.717) is 5.92 Å². The second-order valence-electron chi connectivity index (χ2n) is 15.7. The number of carbonyl (C=O) groups is 1. The largest absolute Gasteiger partial charge is 0.512 e. The second kappa shape index (κ2) is 17.6. The van der Waals surface area contributed by atoms with Gasteiger partial charge in [-0.3, -0.25) is 9.78 Å². The van der Waals surface area contributed by atoms with Gasteiger partial charge in [0.25, 0.3) is 0 Å². The van der Waals surface area contributed by atoms with Gasteiger partial charge in [0.05, 0.1) is 0 Å². The number of carbonyl (C=O) groups excluding carboxylic acids is 1. The van der Waals surface area contributed by atoms with Gasteiger partial charge in [0.2, 0.25) is 0 Å². The number of hydrogen-bond donors (Lipinski definition) is 1. The summed E-state index contributed by atoms with van der Waals surface area (Å²) in [5, 5.41) is 16.1. The van der Waals surface area contributed by atoms with Crippen LogP contribution < -0.4 is 0 Å². The van der Waals surface area contributed by atoms with Gasteiger partial charge in [-0.1, -0.05) is 111 Å². The zero-order chi connectivity index (χ0) is 36.9. The number of nitrogens with zero attached hydrogens (tertiary/aromatic N) is 2. The molecule has 1 N–H and O–H groups in total. The third-order valence-electron chi connectivity index (χ3n) is 10.7. The minimum absolute atomic E-state index is 0. The summed E-state index contributed by atoms with van der Waals surface area (Å²) in [6, 6.07) is 20.9. The van der Waals surface area contributed by atoms with Gasteiger partial charge in [-0.2, -0.15) is 0 Å². The molecule has 6 heteroatoms. The van der Waals surface area contributed by atoms with Crippen LogP contribution in [0.25, 0.3) is 43.4 Å². The van der Waals surface area contributed by atoms with E-state index in [1.54, 1.807) is 11.3 Å². The Morgan fingerprint density at radius 3 is 2.12 bits per heavy atom. The number of aromatic nitrogens is 2. The van der Waals surface area contributed by atoms with Crippen LogP contribution in [0.4, 0.5) is 0 Å². The number of allylic oxidation sites excluding steroid dienone is 2. The summed E-state index contributed by atoms with van der Waals surface area (Å²) in [4.78, 5) is 22.8. The smallest absolute Gasteiger partial charge is 0.164 e. The molecule has 2 aromatic carbocycles. The molecule has 0 fully saturated rings. The molecule has 275 valence electrons. The summed E-state index contributed by atoms with van der Waals surface area (Å²) >= 11 is 1.74. The quantitative estimate of drug-likeness (QED) is 0.0815. The maximum Gasteiger partial charge on any atom is 0.164 e. The van der Waals surface area contributed by atoms with Crippen LogP contribution in [0.1, 0.15) is 113 Å². The van der Waals surface area contributed by atoms with Gasteiger partial charge in [-0.15, -0.1) is 40.5 Å². The molecule has 0 unspecified atom stereocenters. The van der Waals surface area contributed by atoms with Crippen molar-refractivity contribution in [2.45, 2.75) is 114 Å². The number of benzene rings is 2. The molecule has 0 saturated heterocycles. The van der Waals surface area contributed by atoms with Crippen molar-refractivity contribution in [2.75, 3.05) is 0 Å². The first-order valence-corrected chi connectivity index (χ1v) is 19.2. The number of aliphatic hydroxyl groups excluding tert-OH is 1. The molecule has 5 aromatic rings. The van der Waals surface area contributed by atoms with Crippen molar-refractivity contribution < 1.29 is 30.0 Å². The average molecular weight is 882 g/mol. The zero-order valence-corrected chi connectivity index (χ0v) is 35.7. The normalized spacial score (nSPS) is 12.5. The fourth-order valence-corrected chi connectivity index (χ4v) is 7.06. The molecular formula is C45H57IrN2O2S-. The van der Waals surface area contributed by atoms with Crippen molar-refractivity contribution in [2.24, 2.45) is 16.7 Å². The number of thiophene rings is 1. The molecule has 3 heterocycles. The monoisotopic (exact) mass is 882 g/mol. The molecule has 0 atom stereocenters. The van der Waals surface area contributed by atoms with Gasteiger partial charge in [-0.05, 0) is 72.1 Å². The minimum atomic E-state index is -0.337. The molecule has 0 amide bonds. The van der Waals surface area contributed by atoms with E-state index in [2.05, 4.69) is 94.6 Å². The molecule has 1 radical (unpaired) electrons. The Balaban J connectivity index is 0.000000335. The van der Waals surface area contributed by atoms with E-state index in [1.165, 1.54) is 28.0 Å². The van der Waals surface area contributed by atoms with E-state index >= 15 is 0 Å². The van der Waals surface area contributed by atoms with Crippen molar-refractivity contribution in [1.82, 2.24) is 9.97 Å². The Bertz CT molecular complexity index is 1960. The number of aliphatic hydroxyl groups is 1. The van der Waals surface area contributed by atoms with Gasteiger partial charge < -0.3 is 5.11 Å². The number of ketones is 1. The van der Waals surface area contributed by atoms with Crippen LogP contribution >= 0.6 is 11.3 Å². The first-order valence-electron chi connectivity index (χ1n) is 18.3. The van der Waals surface area contributed by atoms with Crippen LogP contribution in [-0.2, 0) is 36.7 Å². The molecule has 0 bridgehead atoms. The zero-order valence-electron chi connectivity index (χ0n) is 32.5. The molecule has 4 nitrogen and oxygen atoms in total. The first kappa shape index (κ1) is 42.2. The van der Waals surface area contributed by atoms with Crippen molar-refractivity contribution in [1.29, 1.82) is 0 Å². The molecule has 0 spiro atoms. The molecule has 51 heavy (non-hydrogen) atoms. The topological polar surface area (TPSA) is 63.1 Å². The van der Waals surface area contributed by atoms with Crippen molar-refractivity contribution in [3.8, 4) is 22.4 Å². The van der Waals surface area contributed by atoms with Gasteiger partial charge >= 0.3 is 0 Å². The minimum Gasteiger partial charge on any atom is -0.512 e. The summed E-state index contributed by atoms with van der Waals surface area (Å²) in [6.45, 7) is 23.4. The molecule has 0 aliphatic heterocycles. The predicted octanol–water partition coefficient (Wildman–Crippen LogP) is 13.1. The molecule has 0 aliphatic rings. The van der Waals surface area contributed by atoms with Gasteiger partial charge in [0, 0.05) is 66.0 Å². The first-order chi connectivity index (χ1) is 23.6. The van der Waals surface area contributed by atoms with E-state index in [1.807, 2.05) is 53.9 Å². The molecular weight excluding hydrogens is 825 g/mol. The summed E-state index contributed by atoms with van der Waals surface area (Å²) in [7, 11) is 0. The fraction of sp³-hybridized carbons (Fsp3) is 0.444. The van der Waals surface area contributed by atoms with Crippen LogP contribution in [-0.4, -0.2) is 20.9 Å². The maximum absolute atomic E-state index is 12.2. The molecule has 3 aromatic heterocycles. The van der Waals surface area contributed by atoms with E-state index in [4.69, 9.17) is 9.97 Å². The Morgan fingerprint density at radius 2 is 1.51 bits per heavy atom. The number of rotatable bonds is 11. The number of fused-ring (bicyclic) bond motifs is 2. The summed E-state index contributed by atoms with van der Waals surface area (Å²) in [5.41, 5.74) is 6.38. The SMILES string of the molecule is CC(C)Cc1csc2ncc(-c3ccnc(-c4[c-]c5ccccc5c(C(C)(C)C)c4)c3)cc12.CCC(C)(CC)C(=O)/C=C(\O)C(C)(CC)CC.[Ir]. The fourth-order valence-electron chi connectivity index (χ4n) is 6.15. The Morgan fingerprint density at radius 1 is 0.863 bits per heavy atom. The summed E-state index contributed by atoms with van der Waals surface area (Å²) < 4.78 is 0. The van der Waals surface area contributed by atoms with Crippen LogP contribution in [0, 0.1) is 22.8 Å². The van der Waals surface area contributed by atoms with E-state index in [0.717, 1.165) is 64.7 Å². The average Bonchev–Trinajstić information content (AvgIpc) is 3.51. The third kappa shape index (κ3) is 9.83. The third-order valence-corrected chi connectivity index (χ3v) is 11.6. The van der Waals surface area contributed by atoms with E-state index < -0.39 is 0 Å². The maximum atomic E-state index is 12.2. The summed E-state index contributed by atoms with van der Waals surface area (Å²) in [5.74, 6) is 0.910. The Hall–Kier alpha value is -3.18. The van der Waals surface area contributed by atoms with Crippen LogP contribution in [0.3, 0.4) is 0 Å². The molecule has 5 rings (SSSR count). The van der Waals surface area contributed by atoms with Gasteiger partial charge in [0.15, 0.2) is 5.78 Å². The Kier molecular flexibility index (Phi) is 14.5. The molecule has 0 aliphatic carbocycles. The van der Waals surface area contributed by atoms with E-state index in [-0.39, 0.29) is 47.9 Å². The predicted molar refractivity (Wildman–Crippen MR) is 215 cm³/mol. The standard InChI is InChI=1S/C30H29N2S.C15H28O2.Ir/c1-19(2)12-24-18-33-29-26(24)14-23(17-32-29)20-10-11-31-28(16-20)22-13-21-8-6-7-9-25(21)27(15-22)30(3,4)5;1-7-14(5,8-2)12(16)11-13(17)15(6,9-3)10-4;/h6-11,14-19H,12H2,1-5H3;11,16H,7-10H2,1-6H3;/q-1;;/b;12-11-;.